The van der Waals surface area contributed by atoms with Gasteiger partial charge in [-0.2, -0.15) is 0 Å². The normalized spacial score (nSPS) is 12.5. The van der Waals surface area contributed by atoms with E-state index in [0.29, 0.717) is 0 Å². The summed E-state index contributed by atoms with van der Waals surface area (Å²) in [4.78, 5) is 0. The molecule has 0 unspecified atom stereocenters. The van der Waals surface area contributed by atoms with Gasteiger partial charge in [0.2, 0.25) is 0 Å². The van der Waals surface area contributed by atoms with Gasteiger partial charge in [0.25, 0.3) is 0 Å². The highest BCUT2D eigenvalue weighted by Gasteiger charge is 2.09. The maximum absolute atomic E-state index is 2.44. The molecule has 13 heavy (non-hydrogen) atoms. The van der Waals surface area contributed by atoms with Crippen LogP contribution in [-0.2, 0) is 0 Å². The summed E-state index contributed by atoms with van der Waals surface area (Å²) in [6.07, 6.45) is 10.3. The second-order valence-electron chi connectivity index (χ2n) is 3.82. The molecule has 0 N–H and O–H groups in total. The minimum absolute atomic E-state index is 0.875. The SMILES string of the molecule is CC/C=C(/CC)C(CCC)CCC. The molecular weight excluding hydrogens is 156 g/mol. The van der Waals surface area contributed by atoms with Crippen LogP contribution < -0.4 is 0 Å². The minimum atomic E-state index is 0.875. The van der Waals surface area contributed by atoms with Gasteiger partial charge in [-0.25, -0.2) is 0 Å². The van der Waals surface area contributed by atoms with E-state index < -0.39 is 0 Å². The van der Waals surface area contributed by atoms with Gasteiger partial charge in [0.15, 0.2) is 0 Å². The highest BCUT2D eigenvalue weighted by molar-refractivity contribution is 5.05. The van der Waals surface area contributed by atoms with Crippen molar-refractivity contribution in [3.05, 3.63) is 11.6 Å². The lowest BCUT2D eigenvalue weighted by molar-refractivity contribution is 0.491. The maximum atomic E-state index is 2.44. The lowest BCUT2D eigenvalue weighted by Crippen LogP contribution is -2.03. The van der Waals surface area contributed by atoms with E-state index in [1.807, 2.05) is 0 Å². The molecule has 0 fully saturated rings. The highest BCUT2D eigenvalue weighted by atomic mass is 14.2. The van der Waals surface area contributed by atoms with E-state index >= 15 is 0 Å². The molecule has 0 saturated carbocycles. The zero-order chi connectivity index (χ0) is 10.1. The van der Waals surface area contributed by atoms with Crippen LogP contribution in [0.1, 0.15) is 66.2 Å². The average Bonchev–Trinajstić information content (AvgIpc) is 2.14. The third-order valence-corrected chi connectivity index (χ3v) is 2.67. The molecule has 0 bridgehead atoms. The van der Waals surface area contributed by atoms with E-state index in [0.717, 1.165) is 5.92 Å². The van der Waals surface area contributed by atoms with Crippen molar-refractivity contribution in [2.75, 3.05) is 0 Å². The van der Waals surface area contributed by atoms with Crippen LogP contribution in [0.2, 0.25) is 0 Å². The Balaban J connectivity index is 4.20. The quantitative estimate of drug-likeness (QED) is 0.489. The monoisotopic (exact) mass is 182 g/mol. The maximum Gasteiger partial charge on any atom is -0.0204 e. The zero-order valence-corrected chi connectivity index (χ0v) is 9.90. The van der Waals surface area contributed by atoms with Crippen molar-refractivity contribution in [1.29, 1.82) is 0 Å². The second kappa shape index (κ2) is 8.34. The van der Waals surface area contributed by atoms with Crippen LogP contribution in [0.5, 0.6) is 0 Å². The number of rotatable bonds is 7. The lowest BCUT2D eigenvalue weighted by atomic mass is 9.88. The Kier molecular flexibility index (Phi) is 8.18. The van der Waals surface area contributed by atoms with Gasteiger partial charge in [-0.15, -0.1) is 0 Å². The summed E-state index contributed by atoms with van der Waals surface area (Å²) in [7, 11) is 0. The molecule has 0 aromatic carbocycles. The molecule has 0 aromatic rings. The van der Waals surface area contributed by atoms with Crippen LogP contribution >= 0.6 is 0 Å². The molecule has 0 radical (unpaired) electrons. The molecule has 0 heterocycles. The lowest BCUT2D eigenvalue weighted by Gasteiger charge is -2.18. The zero-order valence-electron chi connectivity index (χ0n) is 9.90. The molecular formula is C13H26. The Labute approximate surface area is 84.4 Å². The molecule has 0 amide bonds. The Bertz CT molecular complexity index is 127. The molecule has 0 spiro atoms. The summed E-state index contributed by atoms with van der Waals surface area (Å²) in [5, 5.41) is 0. The van der Waals surface area contributed by atoms with Crippen molar-refractivity contribution in [2.45, 2.75) is 66.2 Å². The highest BCUT2D eigenvalue weighted by Crippen LogP contribution is 2.25. The fourth-order valence-electron chi connectivity index (χ4n) is 2.07. The second-order valence-corrected chi connectivity index (χ2v) is 3.82. The van der Waals surface area contributed by atoms with E-state index in [-0.39, 0.29) is 0 Å². The Morgan fingerprint density at radius 3 is 1.85 bits per heavy atom. The van der Waals surface area contributed by atoms with Gasteiger partial charge in [0, 0.05) is 0 Å². The van der Waals surface area contributed by atoms with Crippen molar-refractivity contribution in [2.24, 2.45) is 5.92 Å². The van der Waals surface area contributed by atoms with Gasteiger partial charge in [0.05, 0.1) is 0 Å². The van der Waals surface area contributed by atoms with Gasteiger partial charge in [0.1, 0.15) is 0 Å². The van der Waals surface area contributed by atoms with Crippen molar-refractivity contribution in [1.82, 2.24) is 0 Å². The first-order valence-corrected chi connectivity index (χ1v) is 5.98. The fourth-order valence-corrected chi connectivity index (χ4v) is 2.07. The van der Waals surface area contributed by atoms with Crippen molar-refractivity contribution >= 4 is 0 Å². The van der Waals surface area contributed by atoms with Crippen molar-refractivity contribution in [3.8, 4) is 0 Å². The summed E-state index contributed by atoms with van der Waals surface area (Å²) < 4.78 is 0. The van der Waals surface area contributed by atoms with Crippen LogP contribution in [0.4, 0.5) is 0 Å². The Morgan fingerprint density at radius 2 is 1.54 bits per heavy atom. The first-order valence-electron chi connectivity index (χ1n) is 5.98. The molecule has 0 aromatic heterocycles. The summed E-state index contributed by atoms with van der Waals surface area (Å²) in [6, 6.07) is 0. The van der Waals surface area contributed by atoms with Crippen LogP contribution in [0.3, 0.4) is 0 Å². The van der Waals surface area contributed by atoms with Crippen LogP contribution in [0.15, 0.2) is 11.6 Å². The molecule has 0 atom stereocenters. The van der Waals surface area contributed by atoms with Gasteiger partial charge < -0.3 is 0 Å². The Hall–Kier alpha value is -0.260. The van der Waals surface area contributed by atoms with E-state index in [1.165, 1.54) is 38.5 Å². The smallest absolute Gasteiger partial charge is 0.0204 e. The van der Waals surface area contributed by atoms with Gasteiger partial charge in [-0.3, -0.25) is 0 Å². The van der Waals surface area contributed by atoms with Gasteiger partial charge >= 0.3 is 0 Å². The summed E-state index contributed by atoms with van der Waals surface area (Å²) in [5.41, 5.74) is 1.70. The minimum Gasteiger partial charge on any atom is -0.0853 e. The molecule has 0 aliphatic rings. The van der Waals surface area contributed by atoms with Crippen molar-refractivity contribution in [3.63, 3.8) is 0 Å². The first kappa shape index (κ1) is 12.7. The fraction of sp³-hybridized carbons (Fsp3) is 0.846. The molecule has 0 aliphatic carbocycles. The molecule has 0 heteroatoms. The Morgan fingerprint density at radius 1 is 1.00 bits per heavy atom. The summed E-state index contributed by atoms with van der Waals surface area (Å²) in [5.74, 6) is 0.875. The van der Waals surface area contributed by atoms with Crippen LogP contribution in [0.25, 0.3) is 0 Å². The summed E-state index contributed by atoms with van der Waals surface area (Å²) in [6.45, 7) is 9.12. The van der Waals surface area contributed by atoms with Gasteiger partial charge in [-0.1, -0.05) is 52.2 Å². The van der Waals surface area contributed by atoms with Gasteiger partial charge in [-0.05, 0) is 31.6 Å². The van der Waals surface area contributed by atoms with E-state index in [1.54, 1.807) is 5.57 Å². The molecule has 0 rings (SSSR count). The predicted octanol–water partition coefficient (Wildman–Crippen LogP) is 4.95. The van der Waals surface area contributed by atoms with Crippen LogP contribution in [-0.4, -0.2) is 0 Å². The van der Waals surface area contributed by atoms with E-state index in [2.05, 4.69) is 33.8 Å². The largest absolute Gasteiger partial charge is 0.0853 e. The predicted molar refractivity (Wildman–Crippen MR) is 62.0 cm³/mol. The third kappa shape index (κ3) is 5.13. The average molecular weight is 182 g/mol. The molecule has 78 valence electrons. The van der Waals surface area contributed by atoms with E-state index in [4.69, 9.17) is 0 Å². The first-order chi connectivity index (χ1) is 6.29. The van der Waals surface area contributed by atoms with E-state index in [9.17, 15) is 0 Å². The summed E-state index contributed by atoms with van der Waals surface area (Å²) >= 11 is 0. The third-order valence-electron chi connectivity index (χ3n) is 2.67. The topological polar surface area (TPSA) is 0 Å². The molecule has 0 nitrogen and oxygen atoms in total. The standard InChI is InChI=1S/C13H26/c1-5-9-12(8-4)13(10-6-2)11-7-3/h9,13H,5-8,10-11H2,1-4H3/b12-9-. The number of allylic oxidation sites excluding steroid dienone is 2. The molecule has 0 aliphatic heterocycles. The number of hydrogen-bond donors (Lipinski definition) is 0. The number of hydrogen-bond acceptors (Lipinski definition) is 0. The van der Waals surface area contributed by atoms with Crippen molar-refractivity contribution < 1.29 is 0 Å². The molecule has 0 saturated heterocycles. The van der Waals surface area contributed by atoms with Crippen LogP contribution in [0, 0.1) is 5.92 Å².